The molecule has 4 heteroatoms. The van der Waals surface area contributed by atoms with E-state index in [4.69, 9.17) is 0 Å². The van der Waals surface area contributed by atoms with Crippen LogP contribution in [0.15, 0.2) is 30.3 Å². The van der Waals surface area contributed by atoms with Gasteiger partial charge in [0.15, 0.2) is 0 Å². The molecule has 2 rings (SSSR count). The Morgan fingerprint density at radius 3 is 2.75 bits per heavy atom. The van der Waals surface area contributed by atoms with Crippen molar-refractivity contribution >= 4 is 5.97 Å². The summed E-state index contributed by atoms with van der Waals surface area (Å²) in [6, 6.07) is 8.17. The van der Waals surface area contributed by atoms with Crippen LogP contribution in [-0.2, 0) is 11.2 Å². The molecule has 0 atom stereocenters. The highest BCUT2D eigenvalue weighted by Crippen LogP contribution is 2.18. The molecule has 0 unspecified atom stereocenters. The first-order valence-electron chi connectivity index (χ1n) is 6.31. The van der Waals surface area contributed by atoms with E-state index in [-0.39, 0.29) is 11.5 Å². The Kier molecular flexibility index (Phi) is 4.13. The Bertz CT molecular complexity index is 653. The maximum absolute atomic E-state index is 13.5. The fraction of sp³-hybridized carbons (Fsp3) is 0.250. The van der Waals surface area contributed by atoms with Gasteiger partial charge < -0.3 is 4.74 Å². The van der Waals surface area contributed by atoms with Crippen LogP contribution >= 0.6 is 0 Å². The fourth-order valence-electron chi connectivity index (χ4n) is 2.06. The molecule has 1 aromatic heterocycles. The second-order valence-corrected chi connectivity index (χ2v) is 4.69. The number of carbonyl (C=O) groups excluding carboxylic acids is 1. The molecule has 0 N–H and O–H groups in total. The third-order valence-electron chi connectivity index (χ3n) is 3.31. The van der Waals surface area contributed by atoms with Crippen LogP contribution in [0.2, 0.25) is 0 Å². The van der Waals surface area contributed by atoms with E-state index >= 15 is 0 Å². The smallest absolute Gasteiger partial charge is 0.356 e. The van der Waals surface area contributed by atoms with E-state index in [0.717, 1.165) is 16.7 Å². The number of benzene rings is 1. The van der Waals surface area contributed by atoms with Crippen molar-refractivity contribution in [3.05, 3.63) is 64.2 Å². The van der Waals surface area contributed by atoms with E-state index in [9.17, 15) is 9.18 Å². The zero-order valence-electron chi connectivity index (χ0n) is 11.7. The topological polar surface area (TPSA) is 39.2 Å². The Hall–Kier alpha value is -2.23. The first-order chi connectivity index (χ1) is 9.51. The Morgan fingerprint density at radius 1 is 1.30 bits per heavy atom. The molecular weight excluding hydrogens is 257 g/mol. The number of ether oxygens (including phenoxy) is 1. The molecule has 0 fully saturated rings. The number of hydrogen-bond donors (Lipinski definition) is 0. The van der Waals surface area contributed by atoms with E-state index in [1.165, 1.54) is 19.2 Å². The number of carbonyl (C=O) groups is 1. The molecule has 0 amide bonds. The number of esters is 1. The number of aromatic nitrogens is 1. The maximum Gasteiger partial charge on any atom is 0.356 e. The normalized spacial score (nSPS) is 10.4. The Morgan fingerprint density at radius 2 is 2.05 bits per heavy atom. The van der Waals surface area contributed by atoms with Gasteiger partial charge in [0, 0.05) is 12.1 Å². The van der Waals surface area contributed by atoms with Crippen molar-refractivity contribution in [3.63, 3.8) is 0 Å². The molecule has 104 valence electrons. The van der Waals surface area contributed by atoms with Crippen molar-refractivity contribution in [1.82, 2.24) is 4.98 Å². The van der Waals surface area contributed by atoms with Crippen molar-refractivity contribution in [2.45, 2.75) is 20.3 Å². The molecule has 0 radical (unpaired) electrons. The van der Waals surface area contributed by atoms with Gasteiger partial charge in [-0.05, 0) is 54.8 Å². The zero-order chi connectivity index (χ0) is 14.7. The monoisotopic (exact) mass is 273 g/mol. The number of hydrogen-bond acceptors (Lipinski definition) is 3. The number of methoxy groups -OCH3 is 1. The number of rotatable bonds is 3. The van der Waals surface area contributed by atoms with Crippen molar-refractivity contribution < 1.29 is 13.9 Å². The molecule has 0 bridgehead atoms. The minimum Gasteiger partial charge on any atom is -0.464 e. The standard InChI is InChI=1S/C16H16FNO2/c1-10-7-13(17)8-12(11(10)2)9-14-5-4-6-15(18-14)16(19)20-3/h4-8H,9H2,1-3H3. The molecule has 1 heterocycles. The van der Waals surface area contributed by atoms with Crippen LogP contribution in [0.1, 0.15) is 32.9 Å². The molecule has 2 aromatic rings. The third-order valence-corrected chi connectivity index (χ3v) is 3.31. The van der Waals surface area contributed by atoms with Crippen molar-refractivity contribution in [2.75, 3.05) is 7.11 Å². The SMILES string of the molecule is COC(=O)c1cccc(Cc2cc(F)cc(C)c2C)n1. The molecule has 0 aliphatic rings. The van der Waals surface area contributed by atoms with Crippen LogP contribution in [0.4, 0.5) is 4.39 Å². The zero-order valence-corrected chi connectivity index (χ0v) is 11.7. The molecule has 1 aromatic carbocycles. The molecule has 0 aliphatic heterocycles. The summed E-state index contributed by atoms with van der Waals surface area (Å²) in [6.45, 7) is 3.83. The number of halogens is 1. The van der Waals surface area contributed by atoms with Crippen LogP contribution in [-0.4, -0.2) is 18.1 Å². The van der Waals surface area contributed by atoms with Crippen molar-refractivity contribution in [3.8, 4) is 0 Å². The fourth-order valence-corrected chi connectivity index (χ4v) is 2.06. The van der Waals surface area contributed by atoms with E-state index in [2.05, 4.69) is 9.72 Å². The quantitative estimate of drug-likeness (QED) is 0.806. The average molecular weight is 273 g/mol. The summed E-state index contributed by atoms with van der Waals surface area (Å²) < 4.78 is 18.1. The van der Waals surface area contributed by atoms with E-state index in [0.29, 0.717) is 12.1 Å². The maximum atomic E-state index is 13.5. The van der Waals surface area contributed by atoms with Gasteiger partial charge in [0.25, 0.3) is 0 Å². The highest BCUT2D eigenvalue weighted by Gasteiger charge is 2.10. The summed E-state index contributed by atoms with van der Waals surface area (Å²) in [7, 11) is 1.32. The van der Waals surface area contributed by atoms with Gasteiger partial charge in [-0.2, -0.15) is 0 Å². The summed E-state index contributed by atoms with van der Waals surface area (Å²) in [6.07, 6.45) is 0.481. The highest BCUT2D eigenvalue weighted by molar-refractivity contribution is 5.87. The highest BCUT2D eigenvalue weighted by atomic mass is 19.1. The van der Waals surface area contributed by atoms with Gasteiger partial charge in [-0.15, -0.1) is 0 Å². The van der Waals surface area contributed by atoms with Gasteiger partial charge in [0.2, 0.25) is 0 Å². The summed E-state index contributed by atoms with van der Waals surface area (Å²) in [4.78, 5) is 15.7. The second-order valence-electron chi connectivity index (χ2n) is 4.69. The van der Waals surface area contributed by atoms with Crippen LogP contribution < -0.4 is 0 Å². The number of pyridine rings is 1. The second kappa shape index (κ2) is 5.82. The Labute approximate surface area is 117 Å². The lowest BCUT2D eigenvalue weighted by atomic mass is 9.99. The minimum absolute atomic E-state index is 0.257. The molecule has 0 saturated carbocycles. The molecule has 0 spiro atoms. The predicted octanol–water partition coefficient (Wildman–Crippen LogP) is 3.21. The van der Waals surface area contributed by atoms with Crippen molar-refractivity contribution in [1.29, 1.82) is 0 Å². The Balaban J connectivity index is 2.33. The summed E-state index contributed by atoms with van der Waals surface area (Å²) in [5.74, 6) is -0.730. The first kappa shape index (κ1) is 14.2. The van der Waals surface area contributed by atoms with E-state index < -0.39 is 5.97 Å². The molecular formula is C16H16FNO2. The van der Waals surface area contributed by atoms with Gasteiger partial charge >= 0.3 is 5.97 Å². The number of aryl methyl sites for hydroxylation is 1. The minimum atomic E-state index is -0.473. The van der Waals surface area contributed by atoms with Crippen LogP contribution in [0.25, 0.3) is 0 Å². The average Bonchev–Trinajstić information content (AvgIpc) is 2.43. The van der Waals surface area contributed by atoms with Gasteiger partial charge in [0.1, 0.15) is 11.5 Å². The lowest BCUT2D eigenvalue weighted by molar-refractivity contribution is 0.0593. The van der Waals surface area contributed by atoms with Gasteiger partial charge in [-0.3, -0.25) is 0 Å². The van der Waals surface area contributed by atoms with E-state index in [1.54, 1.807) is 12.1 Å². The van der Waals surface area contributed by atoms with Crippen LogP contribution in [0.5, 0.6) is 0 Å². The molecule has 0 saturated heterocycles. The molecule has 0 aliphatic carbocycles. The molecule has 20 heavy (non-hydrogen) atoms. The summed E-state index contributed by atoms with van der Waals surface area (Å²) >= 11 is 0. The predicted molar refractivity (Wildman–Crippen MR) is 74.3 cm³/mol. The lowest BCUT2D eigenvalue weighted by Gasteiger charge is -2.09. The van der Waals surface area contributed by atoms with E-state index in [1.807, 2.05) is 19.9 Å². The van der Waals surface area contributed by atoms with Crippen LogP contribution in [0, 0.1) is 19.7 Å². The van der Waals surface area contributed by atoms with Gasteiger partial charge in [0.05, 0.1) is 7.11 Å². The van der Waals surface area contributed by atoms with Crippen molar-refractivity contribution in [2.24, 2.45) is 0 Å². The van der Waals surface area contributed by atoms with Gasteiger partial charge in [-0.1, -0.05) is 6.07 Å². The molecule has 3 nitrogen and oxygen atoms in total. The summed E-state index contributed by atoms with van der Waals surface area (Å²) in [5, 5.41) is 0. The van der Waals surface area contributed by atoms with Gasteiger partial charge in [-0.25, -0.2) is 14.2 Å². The lowest BCUT2D eigenvalue weighted by Crippen LogP contribution is -2.06. The largest absolute Gasteiger partial charge is 0.464 e. The summed E-state index contributed by atoms with van der Waals surface area (Å²) in [5.41, 5.74) is 3.79. The third kappa shape index (κ3) is 3.02. The van der Waals surface area contributed by atoms with Crippen LogP contribution in [0.3, 0.4) is 0 Å². The number of nitrogens with zero attached hydrogens (tertiary/aromatic N) is 1. The first-order valence-corrected chi connectivity index (χ1v) is 6.31.